The molecule has 0 rings (SSSR count). The Morgan fingerprint density at radius 1 is 2.22 bits per heavy atom. The van der Waals surface area contributed by atoms with Crippen molar-refractivity contribution < 1.29 is 16.8 Å². The maximum atomic E-state index is 10.5. The summed E-state index contributed by atoms with van der Waals surface area (Å²) in [6.45, 7) is -1.76. The maximum absolute atomic E-state index is 10.5. The molecule has 0 saturated carbocycles. The van der Waals surface area contributed by atoms with Gasteiger partial charge in [0.15, 0.2) is 0 Å². The number of hydrogen-bond acceptors (Lipinski definition) is 2. The predicted molar refractivity (Wildman–Crippen MR) is 35.1 cm³/mol. The van der Waals surface area contributed by atoms with Crippen LogP contribution in [0.5, 0.6) is 0 Å². The van der Waals surface area contributed by atoms with Gasteiger partial charge in [-0.05, 0) is 5.89 Å². The lowest BCUT2D eigenvalue weighted by atomic mass is 10.4. The van der Waals surface area contributed by atoms with Crippen molar-refractivity contribution in [3.05, 3.63) is 0 Å². The highest BCUT2D eigenvalue weighted by Gasteiger charge is 2.17. The zero-order valence-electron chi connectivity index (χ0n) is 10.1. The summed E-state index contributed by atoms with van der Waals surface area (Å²) in [6.07, 6.45) is -1.42. The van der Waals surface area contributed by atoms with Crippen LogP contribution in [0.15, 0.2) is 0 Å². The number of hydrogen-bond donors (Lipinski definition) is 2. The molecule has 0 aliphatic heterocycles. The molecule has 0 heterocycles. The number of nitrogens with two attached hydrogens (primary N) is 1. The van der Waals surface area contributed by atoms with Gasteiger partial charge in [-0.3, -0.25) is 4.79 Å². The average Bonchev–Trinajstić information content (AvgIpc) is 1.98. The summed E-state index contributed by atoms with van der Waals surface area (Å²) in [4.78, 5) is 10.5. The van der Waals surface area contributed by atoms with Gasteiger partial charge in [-0.1, -0.05) is 20.2 Å². The smallest absolute Gasteiger partial charge is 0.320 e. The van der Waals surface area contributed by atoms with Crippen LogP contribution in [0.25, 0.3) is 0 Å². The molecule has 3 heteroatoms. The zero-order chi connectivity index (χ0) is 11.7. The molecule has 3 nitrogen and oxygen atoms in total. The summed E-state index contributed by atoms with van der Waals surface area (Å²) in [5.74, 6) is -4.08. The van der Waals surface area contributed by atoms with Crippen molar-refractivity contribution in [1.82, 2.24) is 0 Å². The molecule has 0 fully saturated rings. The van der Waals surface area contributed by atoms with Gasteiger partial charge in [0, 0.05) is 6.85 Å². The molecule has 0 aromatic rings. The molecular weight excluding hydrogens is 122 g/mol. The van der Waals surface area contributed by atoms with E-state index >= 15 is 0 Å². The minimum Gasteiger partial charge on any atom is -0.480 e. The number of carboxylic acids is 1. The molecule has 0 aromatic heterocycles. The fraction of sp³-hybridized carbons (Fsp3) is 0.833. The monoisotopic (exact) mass is 140 g/mol. The molecule has 0 amide bonds. The van der Waals surface area contributed by atoms with E-state index in [-0.39, 0.29) is 0 Å². The van der Waals surface area contributed by atoms with E-state index in [1.54, 1.807) is 0 Å². The molecule has 3 N–H and O–H groups in total. The van der Waals surface area contributed by atoms with Crippen molar-refractivity contribution in [1.29, 1.82) is 0 Å². The van der Waals surface area contributed by atoms with Gasteiger partial charge in [0.25, 0.3) is 0 Å². The average molecular weight is 140 g/mol. The molecule has 3 atom stereocenters. The second-order valence-corrected chi connectivity index (χ2v) is 1.56. The Morgan fingerprint density at radius 2 is 2.78 bits per heavy atom. The summed E-state index contributed by atoms with van der Waals surface area (Å²) in [5.41, 5.74) is 5.12. The predicted octanol–water partition coefficient (Wildman–Crippen LogP) is 0.444. The normalized spacial score (nSPS) is 33.3. The highest BCUT2D eigenvalue weighted by Crippen LogP contribution is 2.04. The Balaban J connectivity index is 5.22. The summed E-state index contributed by atoms with van der Waals surface area (Å²) in [5, 5.41) is 8.55. The molecule has 1 unspecified atom stereocenters. The number of aliphatic carboxylic acids is 1. The summed E-state index contributed by atoms with van der Waals surface area (Å²) in [6, 6.07) is -1.90. The Labute approximate surface area is 61.9 Å². The molecule has 0 radical (unpaired) electrons. The van der Waals surface area contributed by atoms with Crippen molar-refractivity contribution in [2.75, 3.05) is 0 Å². The lowest BCUT2D eigenvalue weighted by Gasteiger charge is -2.11. The summed E-state index contributed by atoms with van der Waals surface area (Å²) in [7, 11) is 0. The van der Waals surface area contributed by atoms with E-state index in [0.717, 1.165) is 6.92 Å². The molecule has 0 aromatic carbocycles. The van der Waals surface area contributed by atoms with Crippen molar-refractivity contribution in [2.45, 2.75) is 26.2 Å². The second kappa shape index (κ2) is 3.45. The molecule has 0 aliphatic carbocycles. The van der Waals surface area contributed by atoms with Crippen molar-refractivity contribution in [3.63, 3.8) is 0 Å². The van der Waals surface area contributed by atoms with Gasteiger partial charge in [0.2, 0.25) is 0 Å². The molecule has 0 aliphatic rings. The van der Waals surface area contributed by atoms with Gasteiger partial charge >= 0.3 is 5.97 Å². The van der Waals surface area contributed by atoms with Crippen LogP contribution in [-0.4, -0.2) is 17.1 Å². The Bertz CT molecular complexity index is 229. The van der Waals surface area contributed by atoms with Crippen LogP contribution in [0.3, 0.4) is 0 Å². The maximum Gasteiger partial charge on any atom is 0.320 e. The highest BCUT2D eigenvalue weighted by atomic mass is 16.5. The van der Waals surface area contributed by atoms with Crippen LogP contribution in [0.2, 0.25) is 0 Å². The van der Waals surface area contributed by atoms with Gasteiger partial charge in [0.1, 0.15) is 6.04 Å². The molecule has 54 valence electrons. The van der Waals surface area contributed by atoms with Crippen LogP contribution in [0.4, 0.5) is 0 Å². The van der Waals surface area contributed by atoms with Crippen molar-refractivity contribution in [2.24, 2.45) is 11.6 Å². The fourth-order valence-electron chi connectivity index (χ4n) is 0.313. The minimum atomic E-state index is -2.90. The Kier molecular flexibility index (Phi) is 1.16. The van der Waals surface area contributed by atoms with Crippen LogP contribution in [0.1, 0.15) is 27.0 Å². The minimum absolute atomic E-state index is 1.14. The molecular formula is C6H13NO2. The first-order valence-corrected chi connectivity index (χ1v) is 2.45. The third-order valence-corrected chi connectivity index (χ3v) is 0.912. The van der Waals surface area contributed by atoms with E-state index in [1.165, 1.54) is 0 Å². The van der Waals surface area contributed by atoms with Gasteiger partial charge in [-0.25, -0.2) is 0 Å². The number of rotatable bonds is 3. The molecule has 0 saturated heterocycles. The number of carbonyl (C=O) groups is 1. The Morgan fingerprint density at radius 3 is 2.89 bits per heavy atom. The van der Waals surface area contributed by atoms with Crippen molar-refractivity contribution in [3.8, 4) is 0 Å². The van der Waals surface area contributed by atoms with Gasteiger partial charge in [-0.2, -0.15) is 0 Å². The summed E-state index contributed by atoms with van der Waals surface area (Å²) >= 11 is 0. The largest absolute Gasteiger partial charge is 0.480 e. The molecule has 0 spiro atoms. The first-order valence-electron chi connectivity index (χ1n) is 5.03. The fourth-order valence-corrected chi connectivity index (χ4v) is 0.313. The molecule has 9 heavy (non-hydrogen) atoms. The van der Waals surface area contributed by atoms with E-state index in [4.69, 9.17) is 17.7 Å². The standard InChI is InChI=1S/C6H13NO2/c1-3-4(2)5(7)6(8)9/h4-5H,3,7H2,1-2H3,(H,8,9)/t4-,5-/m0/s1/i2+0D3,3+1D,4+0D,5+1,6+1,7+1/t3?,4-,5-. The van der Waals surface area contributed by atoms with Gasteiger partial charge < -0.3 is 10.8 Å². The van der Waals surface area contributed by atoms with Crippen LogP contribution in [0, 0.1) is 5.89 Å². The first-order chi connectivity index (χ1) is 6.05. The van der Waals surface area contributed by atoms with Crippen LogP contribution >= 0.6 is 0 Å². The number of carboxylic acid groups (broad SMARTS) is 1. The SMILES string of the molecule is [2H][13CH](C)[12C@@]([2H])([13C@H]([15NH2])[13C](=O)O)[12C]([2H])([2H])[2H]. The zero-order valence-corrected chi connectivity index (χ0v) is 5.09. The van der Waals surface area contributed by atoms with E-state index in [0.29, 0.717) is 0 Å². The van der Waals surface area contributed by atoms with E-state index < -0.39 is 31.2 Å². The summed E-state index contributed by atoms with van der Waals surface area (Å²) < 4.78 is 35.8. The van der Waals surface area contributed by atoms with Gasteiger partial charge in [0.05, 0.1) is 0 Å². The lowest BCUT2D eigenvalue weighted by molar-refractivity contribution is -0.139. The van der Waals surface area contributed by atoms with E-state index in [9.17, 15) is 4.79 Å². The second-order valence-electron chi connectivity index (χ2n) is 1.56. The van der Waals surface area contributed by atoms with Gasteiger partial charge in [-0.15, -0.1) is 0 Å². The van der Waals surface area contributed by atoms with E-state index in [1.807, 2.05) is 0 Å². The lowest BCUT2D eigenvalue weighted by Crippen LogP contribution is -2.36. The van der Waals surface area contributed by atoms with Crippen LogP contribution in [-0.2, 0) is 4.79 Å². The van der Waals surface area contributed by atoms with Crippen molar-refractivity contribution >= 4 is 5.97 Å². The Hall–Kier alpha value is -0.570. The topological polar surface area (TPSA) is 63.3 Å². The highest BCUT2D eigenvalue weighted by molar-refractivity contribution is 5.73. The third kappa shape index (κ3) is 2.46. The third-order valence-electron chi connectivity index (χ3n) is 0.912. The van der Waals surface area contributed by atoms with Crippen LogP contribution < -0.4 is 5.73 Å². The quantitative estimate of drug-likeness (QED) is 0.441. The van der Waals surface area contributed by atoms with E-state index in [2.05, 4.69) is 0 Å². The molecule has 0 bridgehead atoms. The first kappa shape index (κ1) is 3.01.